The molecule has 106 valence electrons. The average Bonchev–Trinajstić information content (AvgIpc) is 2.41. The lowest BCUT2D eigenvalue weighted by Gasteiger charge is -2.10. The molecule has 2 rings (SSSR count). The van der Waals surface area contributed by atoms with Crippen molar-refractivity contribution in [2.24, 2.45) is 0 Å². The predicted molar refractivity (Wildman–Crippen MR) is 79.4 cm³/mol. The first-order valence-corrected chi connectivity index (χ1v) is 6.55. The summed E-state index contributed by atoms with van der Waals surface area (Å²) in [5.41, 5.74) is 1.59. The Kier molecular flexibility index (Phi) is 4.40. The number of hydrogen-bond acceptors (Lipinski definition) is 4. The summed E-state index contributed by atoms with van der Waals surface area (Å²) in [5.74, 6) is 0.772. The Morgan fingerprint density at radius 1 is 1.35 bits per heavy atom. The van der Waals surface area contributed by atoms with Crippen molar-refractivity contribution in [3.05, 3.63) is 52.4 Å². The van der Waals surface area contributed by atoms with E-state index >= 15 is 0 Å². The second kappa shape index (κ2) is 6.23. The van der Waals surface area contributed by atoms with E-state index in [4.69, 9.17) is 4.74 Å². The molecule has 0 unspecified atom stereocenters. The van der Waals surface area contributed by atoms with Gasteiger partial charge in [0, 0.05) is 12.1 Å². The quantitative estimate of drug-likeness (QED) is 0.906. The summed E-state index contributed by atoms with van der Waals surface area (Å²) in [4.78, 5) is 12.0. The summed E-state index contributed by atoms with van der Waals surface area (Å²) in [6, 6.07) is 9.44. The van der Waals surface area contributed by atoms with Crippen LogP contribution in [0.15, 0.2) is 41.3 Å². The molecule has 0 aliphatic rings. The van der Waals surface area contributed by atoms with Gasteiger partial charge in [0.1, 0.15) is 5.75 Å². The van der Waals surface area contributed by atoms with Gasteiger partial charge in [-0.25, -0.2) is 4.68 Å². The first-order valence-electron chi connectivity index (χ1n) is 6.55. The van der Waals surface area contributed by atoms with Gasteiger partial charge in [0.25, 0.3) is 5.56 Å². The van der Waals surface area contributed by atoms with Crippen LogP contribution in [-0.4, -0.2) is 22.9 Å². The third kappa shape index (κ3) is 3.60. The second-order valence-corrected chi connectivity index (χ2v) is 4.89. The summed E-state index contributed by atoms with van der Waals surface area (Å²) < 4.78 is 6.60. The molecule has 0 saturated heterocycles. The van der Waals surface area contributed by atoms with Crippen LogP contribution in [0.5, 0.6) is 5.75 Å². The Bertz CT molecular complexity index is 635. The fourth-order valence-corrected chi connectivity index (χ4v) is 1.91. The molecule has 0 fully saturated rings. The van der Waals surface area contributed by atoms with Gasteiger partial charge in [0.2, 0.25) is 0 Å². The number of ether oxygens (including phenoxy) is 1. The first kappa shape index (κ1) is 14.1. The lowest BCUT2D eigenvalue weighted by Crippen LogP contribution is -2.24. The lowest BCUT2D eigenvalue weighted by atomic mass is 10.2. The molecule has 1 aromatic carbocycles. The number of hydrogen-bond donors (Lipinski definition) is 1. The van der Waals surface area contributed by atoms with Crippen molar-refractivity contribution in [1.82, 2.24) is 9.78 Å². The number of nitrogens with one attached hydrogen (secondary N) is 1. The molecule has 0 radical (unpaired) electrons. The maximum absolute atomic E-state index is 12.0. The molecule has 1 aromatic heterocycles. The molecule has 0 saturated carbocycles. The minimum Gasteiger partial charge on any atom is -0.497 e. The van der Waals surface area contributed by atoms with Gasteiger partial charge >= 0.3 is 0 Å². The number of anilines is 1. The van der Waals surface area contributed by atoms with Gasteiger partial charge in [-0.2, -0.15) is 5.10 Å². The van der Waals surface area contributed by atoms with Crippen LogP contribution in [0.25, 0.3) is 0 Å². The van der Waals surface area contributed by atoms with Gasteiger partial charge in [0.15, 0.2) is 0 Å². The normalized spacial score (nSPS) is 10.6. The van der Waals surface area contributed by atoms with Crippen molar-refractivity contribution >= 4 is 5.69 Å². The van der Waals surface area contributed by atoms with Gasteiger partial charge < -0.3 is 10.1 Å². The Morgan fingerprint density at radius 3 is 2.80 bits per heavy atom. The van der Waals surface area contributed by atoms with Gasteiger partial charge in [-0.05, 0) is 31.5 Å². The Morgan fingerprint density at radius 2 is 2.15 bits per heavy atom. The van der Waals surface area contributed by atoms with Gasteiger partial charge in [-0.15, -0.1) is 0 Å². The van der Waals surface area contributed by atoms with Gasteiger partial charge in [0.05, 0.1) is 25.5 Å². The zero-order valence-corrected chi connectivity index (χ0v) is 12.0. The van der Waals surface area contributed by atoms with Crippen LogP contribution in [0.1, 0.15) is 19.4 Å². The molecule has 0 amide bonds. The summed E-state index contributed by atoms with van der Waals surface area (Å²) in [6.45, 7) is 4.46. The van der Waals surface area contributed by atoms with E-state index in [1.165, 1.54) is 4.68 Å². The lowest BCUT2D eigenvalue weighted by molar-refractivity contribution is 0.414. The molecular weight excluding hydrogens is 254 g/mol. The van der Waals surface area contributed by atoms with Crippen molar-refractivity contribution < 1.29 is 4.74 Å². The molecule has 5 heteroatoms. The van der Waals surface area contributed by atoms with Crippen molar-refractivity contribution in [1.29, 1.82) is 0 Å². The zero-order chi connectivity index (χ0) is 14.5. The molecule has 0 bridgehead atoms. The molecule has 20 heavy (non-hydrogen) atoms. The Labute approximate surface area is 118 Å². The topological polar surface area (TPSA) is 56.1 Å². The third-order valence-electron chi connectivity index (χ3n) is 2.79. The molecule has 0 atom stereocenters. The molecular formula is C15H19N3O2. The zero-order valence-electron chi connectivity index (χ0n) is 12.0. The van der Waals surface area contributed by atoms with Crippen molar-refractivity contribution in [3.63, 3.8) is 0 Å². The van der Waals surface area contributed by atoms with Crippen LogP contribution in [0.4, 0.5) is 5.69 Å². The molecule has 0 aliphatic heterocycles. The van der Waals surface area contributed by atoms with E-state index in [1.807, 2.05) is 38.1 Å². The molecule has 0 aliphatic carbocycles. The van der Waals surface area contributed by atoms with E-state index in [9.17, 15) is 4.79 Å². The monoisotopic (exact) mass is 273 g/mol. The van der Waals surface area contributed by atoms with E-state index < -0.39 is 0 Å². The van der Waals surface area contributed by atoms with Crippen LogP contribution < -0.4 is 15.6 Å². The smallest absolute Gasteiger partial charge is 0.269 e. The van der Waals surface area contributed by atoms with Crippen LogP contribution in [0, 0.1) is 0 Å². The minimum absolute atomic E-state index is 0.126. The molecule has 0 spiro atoms. The van der Waals surface area contributed by atoms with Gasteiger partial charge in [-0.1, -0.05) is 12.1 Å². The SMILES string of the molecule is COc1cccc(Cn2ncc(NC(C)C)cc2=O)c1. The summed E-state index contributed by atoms with van der Waals surface area (Å²) in [7, 11) is 1.62. The number of methoxy groups -OCH3 is 1. The molecule has 5 nitrogen and oxygen atoms in total. The number of rotatable bonds is 5. The van der Waals surface area contributed by atoms with Crippen molar-refractivity contribution in [3.8, 4) is 5.75 Å². The molecule has 1 N–H and O–H groups in total. The number of nitrogens with zero attached hydrogens (tertiary/aromatic N) is 2. The average molecular weight is 273 g/mol. The summed E-state index contributed by atoms with van der Waals surface area (Å²) >= 11 is 0. The third-order valence-corrected chi connectivity index (χ3v) is 2.79. The van der Waals surface area contributed by atoms with E-state index in [1.54, 1.807) is 19.4 Å². The fraction of sp³-hybridized carbons (Fsp3) is 0.333. The number of benzene rings is 1. The van der Waals surface area contributed by atoms with Crippen LogP contribution in [0.3, 0.4) is 0 Å². The van der Waals surface area contributed by atoms with Crippen molar-refractivity contribution in [2.75, 3.05) is 12.4 Å². The largest absolute Gasteiger partial charge is 0.497 e. The molecule has 2 aromatic rings. The maximum Gasteiger partial charge on any atom is 0.269 e. The fourth-order valence-electron chi connectivity index (χ4n) is 1.91. The van der Waals surface area contributed by atoms with E-state index in [-0.39, 0.29) is 11.6 Å². The Balaban J connectivity index is 2.19. The van der Waals surface area contributed by atoms with Crippen LogP contribution in [0.2, 0.25) is 0 Å². The Hall–Kier alpha value is -2.30. The van der Waals surface area contributed by atoms with Gasteiger partial charge in [-0.3, -0.25) is 4.79 Å². The van der Waals surface area contributed by atoms with E-state index in [0.717, 1.165) is 17.0 Å². The van der Waals surface area contributed by atoms with E-state index in [2.05, 4.69) is 10.4 Å². The highest BCUT2D eigenvalue weighted by atomic mass is 16.5. The van der Waals surface area contributed by atoms with Crippen LogP contribution >= 0.6 is 0 Å². The van der Waals surface area contributed by atoms with Crippen LogP contribution in [-0.2, 0) is 6.54 Å². The standard InChI is InChI=1S/C15H19N3O2/c1-11(2)17-13-8-15(19)18(16-9-13)10-12-5-4-6-14(7-12)20-3/h4-9,11,17H,10H2,1-3H3. The maximum atomic E-state index is 12.0. The number of aromatic nitrogens is 2. The predicted octanol–water partition coefficient (Wildman–Crippen LogP) is 2.12. The molecule has 1 heterocycles. The van der Waals surface area contributed by atoms with Crippen molar-refractivity contribution in [2.45, 2.75) is 26.4 Å². The highest BCUT2D eigenvalue weighted by molar-refractivity contribution is 5.39. The summed E-state index contributed by atoms with van der Waals surface area (Å²) in [5, 5.41) is 7.34. The highest BCUT2D eigenvalue weighted by Gasteiger charge is 2.03. The first-order chi connectivity index (χ1) is 9.58. The van der Waals surface area contributed by atoms with E-state index in [0.29, 0.717) is 6.54 Å². The minimum atomic E-state index is -0.126. The highest BCUT2D eigenvalue weighted by Crippen LogP contribution is 2.13. The second-order valence-electron chi connectivity index (χ2n) is 4.89. The summed E-state index contributed by atoms with van der Waals surface area (Å²) in [6.07, 6.45) is 1.67.